The number of hydrogen-bond acceptors (Lipinski definition) is 4. The molecular formula is C9H16N4O2. The predicted octanol–water partition coefficient (Wildman–Crippen LogP) is -0.0125. The van der Waals surface area contributed by atoms with E-state index in [2.05, 4.69) is 10.3 Å². The van der Waals surface area contributed by atoms with Crippen molar-refractivity contribution < 1.29 is 9.90 Å². The molecule has 1 heterocycles. The van der Waals surface area contributed by atoms with Crippen LogP contribution in [0.3, 0.4) is 0 Å². The molecule has 0 aliphatic carbocycles. The van der Waals surface area contributed by atoms with E-state index in [1.807, 2.05) is 20.8 Å². The molecule has 0 aromatic carbocycles. The summed E-state index contributed by atoms with van der Waals surface area (Å²) in [7, 11) is 0. The average molecular weight is 212 g/mol. The van der Waals surface area contributed by atoms with Crippen molar-refractivity contribution in [2.45, 2.75) is 38.8 Å². The summed E-state index contributed by atoms with van der Waals surface area (Å²) in [6, 6.07) is -0.921. The molecular weight excluding hydrogens is 196 g/mol. The second-order valence-electron chi connectivity index (χ2n) is 4.47. The number of carbonyl (C=O) groups is 1. The second kappa shape index (κ2) is 3.98. The van der Waals surface area contributed by atoms with Crippen molar-refractivity contribution in [2.24, 2.45) is 5.73 Å². The molecule has 1 unspecified atom stereocenters. The molecule has 1 rings (SSSR count). The van der Waals surface area contributed by atoms with Gasteiger partial charge in [-0.15, -0.1) is 5.10 Å². The van der Waals surface area contributed by atoms with Gasteiger partial charge in [0.1, 0.15) is 6.04 Å². The van der Waals surface area contributed by atoms with Crippen LogP contribution in [0.2, 0.25) is 0 Å². The summed E-state index contributed by atoms with van der Waals surface area (Å²) in [5, 5.41) is 16.4. The molecule has 0 bridgehead atoms. The zero-order valence-corrected chi connectivity index (χ0v) is 9.14. The second-order valence-corrected chi connectivity index (χ2v) is 4.47. The summed E-state index contributed by atoms with van der Waals surface area (Å²) < 4.78 is 1.69. The van der Waals surface area contributed by atoms with Crippen LogP contribution >= 0.6 is 0 Å². The number of carboxylic acid groups (broad SMARTS) is 1. The normalized spacial score (nSPS) is 13.9. The number of aromatic nitrogens is 3. The van der Waals surface area contributed by atoms with Gasteiger partial charge in [-0.2, -0.15) is 0 Å². The van der Waals surface area contributed by atoms with E-state index in [0.717, 1.165) is 0 Å². The first kappa shape index (κ1) is 11.6. The van der Waals surface area contributed by atoms with Crippen LogP contribution in [-0.4, -0.2) is 32.1 Å². The fraction of sp³-hybridized carbons (Fsp3) is 0.667. The molecule has 1 atom stereocenters. The van der Waals surface area contributed by atoms with E-state index >= 15 is 0 Å². The number of rotatable bonds is 3. The lowest BCUT2D eigenvalue weighted by Gasteiger charge is -2.17. The van der Waals surface area contributed by atoms with Gasteiger partial charge >= 0.3 is 5.97 Å². The van der Waals surface area contributed by atoms with Crippen LogP contribution in [0.15, 0.2) is 6.20 Å². The third-order valence-electron chi connectivity index (χ3n) is 1.97. The number of carboxylic acids is 1. The Balaban J connectivity index is 2.73. The Morgan fingerprint density at radius 2 is 2.27 bits per heavy atom. The summed E-state index contributed by atoms with van der Waals surface area (Å²) in [4.78, 5) is 10.5. The molecule has 0 spiro atoms. The van der Waals surface area contributed by atoms with Crippen LogP contribution in [0.1, 0.15) is 26.5 Å². The molecule has 1 aromatic rings. The molecule has 0 aliphatic heterocycles. The predicted molar refractivity (Wildman–Crippen MR) is 54.3 cm³/mol. The van der Waals surface area contributed by atoms with Crippen molar-refractivity contribution in [1.82, 2.24) is 15.0 Å². The molecule has 84 valence electrons. The minimum Gasteiger partial charge on any atom is -0.480 e. The van der Waals surface area contributed by atoms with Crippen LogP contribution < -0.4 is 5.73 Å². The van der Waals surface area contributed by atoms with E-state index in [9.17, 15) is 4.79 Å². The highest BCUT2D eigenvalue weighted by Gasteiger charge is 2.18. The first-order valence-corrected chi connectivity index (χ1v) is 4.71. The summed E-state index contributed by atoms with van der Waals surface area (Å²) in [5.41, 5.74) is 5.83. The van der Waals surface area contributed by atoms with Crippen molar-refractivity contribution in [3.63, 3.8) is 0 Å². The van der Waals surface area contributed by atoms with Crippen LogP contribution in [0.4, 0.5) is 0 Å². The lowest BCUT2D eigenvalue weighted by Crippen LogP contribution is -2.32. The lowest BCUT2D eigenvalue weighted by atomic mass is 10.1. The van der Waals surface area contributed by atoms with Gasteiger partial charge in [0.05, 0.1) is 11.2 Å². The minimum atomic E-state index is -1.03. The SMILES string of the molecule is CC(C)(C)n1cc(CC(N)C(=O)O)nn1. The molecule has 15 heavy (non-hydrogen) atoms. The highest BCUT2D eigenvalue weighted by atomic mass is 16.4. The third-order valence-corrected chi connectivity index (χ3v) is 1.97. The zero-order chi connectivity index (χ0) is 11.6. The third kappa shape index (κ3) is 3.02. The summed E-state index contributed by atoms with van der Waals surface area (Å²) >= 11 is 0. The maximum absolute atomic E-state index is 10.5. The molecule has 0 saturated heterocycles. The van der Waals surface area contributed by atoms with E-state index < -0.39 is 12.0 Å². The average Bonchev–Trinajstić information content (AvgIpc) is 2.51. The topological polar surface area (TPSA) is 94.0 Å². The standard InChI is InChI=1S/C9H16N4O2/c1-9(2,3)13-5-6(11-12-13)4-7(10)8(14)15/h5,7H,4,10H2,1-3H3,(H,14,15). The molecule has 6 nitrogen and oxygen atoms in total. The van der Waals surface area contributed by atoms with E-state index in [0.29, 0.717) is 5.69 Å². The van der Waals surface area contributed by atoms with Crippen molar-refractivity contribution >= 4 is 5.97 Å². The lowest BCUT2D eigenvalue weighted by molar-refractivity contribution is -0.138. The van der Waals surface area contributed by atoms with Gasteiger partial charge in [0.25, 0.3) is 0 Å². The van der Waals surface area contributed by atoms with Gasteiger partial charge in [0, 0.05) is 12.6 Å². The Morgan fingerprint density at radius 1 is 1.67 bits per heavy atom. The first-order chi connectivity index (χ1) is 6.80. The van der Waals surface area contributed by atoms with Crippen LogP contribution in [-0.2, 0) is 16.8 Å². The highest BCUT2D eigenvalue weighted by molar-refractivity contribution is 5.73. The molecule has 0 radical (unpaired) electrons. The number of aliphatic carboxylic acids is 1. The molecule has 3 N–H and O–H groups in total. The van der Waals surface area contributed by atoms with E-state index in [4.69, 9.17) is 10.8 Å². The smallest absolute Gasteiger partial charge is 0.320 e. The van der Waals surface area contributed by atoms with Crippen LogP contribution in [0.25, 0.3) is 0 Å². The Morgan fingerprint density at radius 3 is 2.67 bits per heavy atom. The maximum Gasteiger partial charge on any atom is 0.320 e. The van der Waals surface area contributed by atoms with Crippen LogP contribution in [0, 0.1) is 0 Å². The Hall–Kier alpha value is -1.43. The van der Waals surface area contributed by atoms with Crippen molar-refractivity contribution in [1.29, 1.82) is 0 Å². The fourth-order valence-electron chi connectivity index (χ4n) is 1.03. The Bertz CT molecular complexity index is 353. The largest absolute Gasteiger partial charge is 0.480 e. The number of hydrogen-bond donors (Lipinski definition) is 2. The number of nitrogens with two attached hydrogens (primary N) is 1. The quantitative estimate of drug-likeness (QED) is 0.734. The van der Waals surface area contributed by atoms with Gasteiger partial charge < -0.3 is 10.8 Å². The summed E-state index contributed by atoms with van der Waals surface area (Å²) in [6.45, 7) is 5.97. The van der Waals surface area contributed by atoms with E-state index in [1.54, 1.807) is 10.9 Å². The van der Waals surface area contributed by atoms with Crippen molar-refractivity contribution in [3.8, 4) is 0 Å². The first-order valence-electron chi connectivity index (χ1n) is 4.71. The van der Waals surface area contributed by atoms with Gasteiger partial charge in [0.15, 0.2) is 0 Å². The van der Waals surface area contributed by atoms with Crippen molar-refractivity contribution in [2.75, 3.05) is 0 Å². The Labute approximate surface area is 88.1 Å². The number of nitrogens with zero attached hydrogens (tertiary/aromatic N) is 3. The van der Waals surface area contributed by atoms with Gasteiger partial charge in [-0.1, -0.05) is 5.21 Å². The molecule has 0 saturated carbocycles. The molecule has 1 aromatic heterocycles. The highest BCUT2D eigenvalue weighted by Crippen LogP contribution is 2.12. The molecule has 0 aliphatic rings. The maximum atomic E-state index is 10.5. The van der Waals surface area contributed by atoms with Crippen molar-refractivity contribution in [3.05, 3.63) is 11.9 Å². The van der Waals surface area contributed by atoms with Gasteiger partial charge in [0.2, 0.25) is 0 Å². The molecule has 6 heteroatoms. The molecule has 0 amide bonds. The van der Waals surface area contributed by atoms with E-state index in [-0.39, 0.29) is 12.0 Å². The van der Waals surface area contributed by atoms with Gasteiger partial charge in [-0.3, -0.25) is 4.79 Å². The zero-order valence-electron chi connectivity index (χ0n) is 9.14. The summed E-state index contributed by atoms with van der Waals surface area (Å²) in [5.74, 6) is -1.03. The van der Waals surface area contributed by atoms with E-state index in [1.165, 1.54) is 0 Å². The summed E-state index contributed by atoms with van der Waals surface area (Å²) in [6.07, 6.45) is 1.92. The van der Waals surface area contributed by atoms with Crippen LogP contribution in [0.5, 0.6) is 0 Å². The minimum absolute atomic E-state index is 0.154. The monoisotopic (exact) mass is 212 g/mol. The Kier molecular flexibility index (Phi) is 3.09. The van der Waals surface area contributed by atoms with Gasteiger partial charge in [-0.25, -0.2) is 4.68 Å². The van der Waals surface area contributed by atoms with Gasteiger partial charge in [-0.05, 0) is 20.8 Å². The molecule has 0 fully saturated rings. The fourth-order valence-corrected chi connectivity index (χ4v) is 1.03.